The van der Waals surface area contributed by atoms with Crippen LogP contribution in [0.1, 0.15) is 31.9 Å². The summed E-state index contributed by atoms with van der Waals surface area (Å²) < 4.78 is 4.66. The molecule has 3 aromatic carbocycles. The van der Waals surface area contributed by atoms with E-state index in [1.807, 2.05) is 6.07 Å². The van der Waals surface area contributed by atoms with E-state index < -0.39 is 0 Å². The summed E-state index contributed by atoms with van der Waals surface area (Å²) in [6.45, 7) is 16.8. The lowest BCUT2D eigenvalue weighted by Gasteiger charge is -2.19. The summed E-state index contributed by atoms with van der Waals surface area (Å²) in [6, 6.07) is 17.5. The Bertz CT molecular complexity index is 1750. The van der Waals surface area contributed by atoms with Gasteiger partial charge >= 0.3 is 0 Å². The Morgan fingerprint density at radius 1 is 0.969 bits per heavy atom. The van der Waals surface area contributed by atoms with Crippen LogP contribution in [-0.2, 0) is 13.5 Å². The number of fused-ring (bicyclic) bond motifs is 5. The lowest BCUT2D eigenvalue weighted by molar-refractivity contribution is -0.643. The standard InChI is InChI=1S/C29H26N3/c1-17-10-11-21-25-19(16-29(2,3)4)8-7-9-22(25)32-23-15-20(30-5)14-18-12-13-31(6)28(26(18)23)24(17)27(21)32/h7-15H,16H2,1-4,6H3/q+1. The highest BCUT2D eigenvalue weighted by Crippen LogP contribution is 2.43. The van der Waals surface area contributed by atoms with Crippen LogP contribution in [-0.4, -0.2) is 4.40 Å². The van der Waals surface area contributed by atoms with Crippen LogP contribution in [0.15, 0.2) is 54.7 Å². The Morgan fingerprint density at radius 2 is 1.78 bits per heavy atom. The van der Waals surface area contributed by atoms with E-state index in [1.165, 1.54) is 49.2 Å². The first kappa shape index (κ1) is 19.1. The number of hydrogen-bond donors (Lipinski definition) is 0. The molecule has 3 heterocycles. The molecule has 0 spiro atoms. The maximum Gasteiger partial charge on any atom is 0.224 e. The molecule has 3 nitrogen and oxygen atoms in total. The van der Waals surface area contributed by atoms with E-state index in [2.05, 4.69) is 97.2 Å². The second-order valence-electron chi connectivity index (χ2n) is 10.4. The van der Waals surface area contributed by atoms with Crippen LogP contribution < -0.4 is 4.57 Å². The number of benzene rings is 3. The molecule has 3 heteroatoms. The molecule has 0 atom stereocenters. The van der Waals surface area contributed by atoms with Gasteiger partial charge in [0.2, 0.25) is 5.52 Å². The van der Waals surface area contributed by atoms with Gasteiger partial charge in [0.25, 0.3) is 0 Å². The first-order valence-corrected chi connectivity index (χ1v) is 11.2. The molecule has 0 N–H and O–H groups in total. The molecule has 0 bridgehead atoms. The van der Waals surface area contributed by atoms with Crippen LogP contribution >= 0.6 is 0 Å². The van der Waals surface area contributed by atoms with E-state index in [-0.39, 0.29) is 5.41 Å². The van der Waals surface area contributed by atoms with Crippen molar-refractivity contribution in [3.05, 3.63) is 77.3 Å². The van der Waals surface area contributed by atoms with E-state index in [0.717, 1.165) is 17.3 Å². The van der Waals surface area contributed by atoms with Gasteiger partial charge in [-0.25, -0.2) is 9.41 Å². The first-order chi connectivity index (χ1) is 15.3. The Morgan fingerprint density at radius 3 is 2.53 bits per heavy atom. The highest BCUT2D eigenvalue weighted by atomic mass is 15.0. The van der Waals surface area contributed by atoms with Crippen LogP contribution in [0.4, 0.5) is 5.69 Å². The fourth-order valence-electron chi connectivity index (χ4n) is 5.61. The van der Waals surface area contributed by atoms with E-state index >= 15 is 0 Å². The minimum atomic E-state index is 0.198. The van der Waals surface area contributed by atoms with E-state index in [4.69, 9.17) is 6.57 Å². The topological polar surface area (TPSA) is 12.7 Å². The van der Waals surface area contributed by atoms with E-state index in [1.54, 1.807) is 0 Å². The van der Waals surface area contributed by atoms with Crippen LogP contribution in [0, 0.1) is 18.9 Å². The molecule has 0 saturated carbocycles. The molecule has 0 amide bonds. The number of nitrogens with zero attached hydrogens (tertiary/aromatic N) is 3. The highest BCUT2D eigenvalue weighted by molar-refractivity contribution is 6.26. The van der Waals surface area contributed by atoms with Crippen molar-refractivity contribution in [1.82, 2.24) is 4.40 Å². The van der Waals surface area contributed by atoms with Gasteiger partial charge < -0.3 is 4.40 Å². The first-order valence-electron chi connectivity index (χ1n) is 11.2. The zero-order chi connectivity index (χ0) is 22.4. The van der Waals surface area contributed by atoms with Gasteiger partial charge in [-0.2, -0.15) is 0 Å². The fraction of sp³-hybridized carbons (Fsp3) is 0.241. The van der Waals surface area contributed by atoms with Crippen LogP contribution in [0.3, 0.4) is 0 Å². The zero-order valence-electron chi connectivity index (χ0n) is 19.2. The minimum absolute atomic E-state index is 0.198. The van der Waals surface area contributed by atoms with Crippen molar-refractivity contribution in [2.24, 2.45) is 12.5 Å². The summed E-state index contributed by atoms with van der Waals surface area (Å²) in [5.41, 5.74) is 8.40. The third kappa shape index (κ3) is 2.44. The number of hydrogen-bond acceptors (Lipinski definition) is 0. The highest BCUT2D eigenvalue weighted by Gasteiger charge is 2.25. The van der Waals surface area contributed by atoms with Crippen molar-refractivity contribution in [2.75, 3.05) is 0 Å². The molecule has 0 aliphatic carbocycles. The van der Waals surface area contributed by atoms with Crippen molar-refractivity contribution in [2.45, 2.75) is 34.1 Å². The van der Waals surface area contributed by atoms with Crippen LogP contribution in [0.2, 0.25) is 0 Å². The minimum Gasteiger partial charge on any atom is -0.309 e. The van der Waals surface area contributed by atoms with Crippen LogP contribution in [0.25, 0.3) is 53.8 Å². The Hall–Kier alpha value is -3.64. The Labute approximate surface area is 187 Å². The molecule has 0 aliphatic heterocycles. The smallest absolute Gasteiger partial charge is 0.224 e. The van der Waals surface area contributed by atoms with Gasteiger partial charge in [0.05, 0.1) is 33.9 Å². The molecule has 0 saturated heterocycles. The third-order valence-corrected chi connectivity index (χ3v) is 6.78. The number of aromatic nitrogens is 2. The van der Waals surface area contributed by atoms with Crippen molar-refractivity contribution >= 4 is 54.7 Å². The lowest BCUT2D eigenvalue weighted by Crippen LogP contribution is -2.28. The summed E-state index contributed by atoms with van der Waals surface area (Å²) in [5.74, 6) is 0. The second-order valence-corrected chi connectivity index (χ2v) is 10.4. The lowest BCUT2D eigenvalue weighted by atomic mass is 9.86. The molecule has 156 valence electrons. The molecule has 0 fully saturated rings. The zero-order valence-corrected chi connectivity index (χ0v) is 19.2. The predicted molar refractivity (Wildman–Crippen MR) is 134 cm³/mol. The van der Waals surface area contributed by atoms with Crippen molar-refractivity contribution in [1.29, 1.82) is 0 Å². The monoisotopic (exact) mass is 416 g/mol. The molecule has 0 radical (unpaired) electrons. The molecule has 0 aliphatic rings. The third-order valence-electron chi connectivity index (χ3n) is 6.78. The second kappa shape index (κ2) is 6.20. The molecule has 0 unspecified atom stereocenters. The molecule has 3 aromatic heterocycles. The maximum atomic E-state index is 7.70. The fourth-order valence-corrected chi connectivity index (χ4v) is 5.61. The van der Waals surface area contributed by atoms with Gasteiger partial charge in [0, 0.05) is 16.8 Å². The van der Waals surface area contributed by atoms with Gasteiger partial charge in [-0.1, -0.05) is 45.0 Å². The molecular weight excluding hydrogens is 390 g/mol. The SMILES string of the molecule is [C-]#[N+]c1cc2cc[n+](C)c3c4c(C)ccc5c6c(CC(C)(C)C)cccc6n(c(c1)c23)c54. The van der Waals surface area contributed by atoms with Gasteiger partial charge in [-0.05, 0) is 53.5 Å². The quantitative estimate of drug-likeness (QED) is 0.116. The average molecular weight is 417 g/mol. The van der Waals surface area contributed by atoms with Crippen molar-refractivity contribution in [3.8, 4) is 0 Å². The summed E-state index contributed by atoms with van der Waals surface area (Å²) in [4.78, 5) is 3.80. The normalized spacial score (nSPS) is 12.6. The number of rotatable bonds is 1. The average Bonchev–Trinajstić information content (AvgIpc) is 3.09. The largest absolute Gasteiger partial charge is 0.309 e. The predicted octanol–water partition coefficient (Wildman–Crippen LogP) is 7.26. The van der Waals surface area contributed by atoms with Gasteiger partial charge in [0.15, 0.2) is 11.9 Å². The summed E-state index contributed by atoms with van der Waals surface area (Å²) in [5, 5.41) is 6.30. The van der Waals surface area contributed by atoms with Gasteiger partial charge in [-0.3, -0.25) is 0 Å². The van der Waals surface area contributed by atoms with E-state index in [9.17, 15) is 0 Å². The molecule has 32 heavy (non-hydrogen) atoms. The van der Waals surface area contributed by atoms with Gasteiger partial charge in [0.1, 0.15) is 7.05 Å². The molecular formula is C29H26N3+. The summed E-state index contributed by atoms with van der Waals surface area (Å²) in [7, 11) is 2.13. The molecule has 6 rings (SSSR count). The van der Waals surface area contributed by atoms with Crippen molar-refractivity contribution in [3.63, 3.8) is 0 Å². The number of aryl methyl sites for hydroxylation is 2. The molecule has 6 aromatic rings. The summed E-state index contributed by atoms with van der Waals surface area (Å²) in [6.07, 6.45) is 3.14. The van der Waals surface area contributed by atoms with E-state index in [0.29, 0.717) is 5.69 Å². The summed E-state index contributed by atoms with van der Waals surface area (Å²) >= 11 is 0. The number of pyridine rings is 2. The van der Waals surface area contributed by atoms with Crippen LogP contribution in [0.5, 0.6) is 0 Å². The van der Waals surface area contributed by atoms with Gasteiger partial charge in [-0.15, -0.1) is 0 Å². The maximum absolute atomic E-state index is 7.70. The Balaban J connectivity index is 2.00. The van der Waals surface area contributed by atoms with Crippen molar-refractivity contribution < 1.29 is 4.57 Å². The Kier molecular flexibility index (Phi) is 3.70.